The first kappa shape index (κ1) is 12.6. The van der Waals surface area contributed by atoms with Crippen molar-refractivity contribution in [1.29, 1.82) is 0 Å². The highest BCUT2D eigenvalue weighted by molar-refractivity contribution is 4.92. The average molecular weight is 266 g/mol. The van der Waals surface area contributed by atoms with Crippen LogP contribution in [-0.2, 0) is 0 Å². The van der Waals surface area contributed by atoms with Gasteiger partial charge >= 0.3 is 5.69 Å². The lowest BCUT2D eigenvalue weighted by molar-refractivity contribution is 0.0198. The molecule has 5 rings (SSSR count). The first-order valence-electron chi connectivity index (χ1n) is 7.08. The lowest BCUT2D eigenvalue weighted by Gasteiger charge is -2.49. The van der Waals surface area contributed by atoms with E-state index in [-0.39, 0.29) is 0 Å². The predicted molar refractivity (Wildman–Crippen MR) is 69.5 cm³/mol. The molecule has 1 N–H and O–H groups in total. The summed E-state index contributed by atoms with van der Waals surface area (Å²) in [6.07, 6.45) is 10.7. The molecular formula is C14H19FN2O2. The van der Waals surface area contributed by atoms with E-state index in [4.69, 9.17) is 0 Å². The Morgan fingerprint density at radius 2 is 1.37 bits per heavy atom. The summed E-state index contributed by atoms with van der Waals surface area (Å²) < 4.78 is 12.0. The van der Waals surface area contributed by atoms with E-state index in [9.17, 15) is 14.1 Å². The fraction of sp³-hybridized carbons (Fsp3) is 0.714. The molecule has 0 saturated heterocycles. The van der Waals surface area contributed by atoms with Crippen LogP contribution in [0.3, 0.4) is 0 Å². The average Bonchev–Trinajstić information content (AvgIpc) is 2.35. The van der Waals surface area contributed by atoms with Crippen molar-refractivity contribution in [2.75, 3.05) is 0 Å². The number of rotatable bonds is 0. The van der Waals surface area contributed by atoms with Crippen LogP contribution < -0.4 is 11.2 Å². The Bertz CT molecular complexity index is 478. The summed E-state index contributed by atoms with van der Waals surface area (Å²) >= 11 is 0. The lowest BCUT2D eigenvalue weighted by Crippen LogP contribution is -2.38. The molecule has 4 aliphatic rings. The first-order valence-corrected chi connectivity index (χ1v) is 7.08. The smallest absolute Gasteiger partial charge is 0.312 e. The van der Waals surface area contributed by atoms with Crippen LogP contribution in [0, 0.1) is 23.7 Å². The van der Waals surface area contributed by atoms with Crippen LogP contribution in [0.25, 0.3) is 0 Å². The van der Waals surface area contributed by atoms with Gasteiger partial charge in [0.25, 0.3) is 5.56 Å². The lowest BCUT2D eigenvalue weighted by atomic mass is 9.56. The van der Waals surface area contributed by atoms with Crippen molar-refractivity contribution in [3.63, 3.8) is 0 Å². The van der Waals surface area contributed by atoms with Crippen LogP contribution in [0.1, 0.15) is 38.5 Å². The molecule has 104 valence electrons. The monoisotopic (exact) mass is 266 g/mol. The van der Waals surface area contributed by atoms with Crippen LogP contribution in [0.15, 0.2) is 21.9 Å². The standard InChI is InChI=1S/C10H16.C4H3FN2O2/c1-7-2-9-4-8(1)5-10(3-7)6-9;5-7-3(8)1-2-6-4(7)9/h7-10H,1-6H2;1-2H,(H,6,9). The topological polar surface area (TPSA) is 54.9 Å². The zero-order valence-electron chi connectivity index (χ0n) is 10.8. The molecule has 1 aromatic heterocycles. The van der Waals surface area contributed by atoms with Crippen molar-refractivity contribution in [2.24, 2.45) is 23.7 Å². The van der Waals surface area contributed by atoms with Crippen molar-refractivity contribution >= 4 is 0 Å². The molecule has 0 aromatic carbocycles. The van der Waals surface area contributed by atoms with Crippen molar-refractivity contribution in [2.45, 2.75) is 38.5 Å². The van der Waals surface area contributed by atoms with E-state index >= 15 is 0 Å². The van der Waals surface area contributed by atoms with Crippen LogP contribution >= 0.6 is 0 Å². The second-order valence-electron chi connectivity index (χ2n) is 6.28. The van der Waals surface area contributed by atoms with Crippen molar-refractivity contribution in [3.8, 4) is 0 Å². The second kappa shape index (κ2) is 4.94. The van der Waals surface area contributed by atoms with Crippen LogP contribution in [0.2, 0.25) is 0 Å². The molecule has 0 aliphatic heterocycles. The van der Waals surface area contributed by atoms with Gasteiger partial charge in [-0.15, -0.1) is 0 Å². The molecule has 1 heterocycles. The third-order valence-electron chi connectivity index (χ3n) is 4.80. The van der Waals surface area contributed by atoms with Gasteiger partial charge < -0.3 is 4.98 Å². The summed E-state index contributed by atoms with van der Waals surface area (Å²) in [7, 11) is 0. The number of hydrogen-bond donors (Lipinski definition) is 1. The zero-order chi connectivity index (χ0) is 13.4. The third-order valence-corrected chi connectivity index (χ3v) is 4.80. The van der Waals surface area contributed by atoms with E-state index in [1.165, 1.54) is 23.7 Å². The largest absolute Gasteiger partial charge is 0.357 e. The summed E-state index contributed by atoms with van der Waals surface area (Å²) in [6.45, 7) is 0. The maximum Gasteiger partial charge on any atom is 0.357 e. The van der Waals surface area contributed by atoms with Gasteiger partial charge in [0.2, 0.25) is 0 Å². The van der Waals surface area contributed by atoms with Crippen molar-refractivity contribution < 1.29 is 4.48 Å². The zero-order valence-corrected chi connectivity index (χ0v) is 10.8. The molecule has 4 aliphatic carbocycles. The quantitative estimate of drug-likeness (QED) is 0.782. The summed E-state index contributed by atoms with van der Waals surface area (Å²) in [5, 5.41) is 0. The van der Waals surface area contributed by atoms with Gasteiger partial charge in [-0.1, -0.05) is 9.27 Å². The number of nitrogens with zero attached hydrogens (tertiary/aromatic N) is 1. The number of nitrogens with one attached hydrogen (secondary N) is 1. The van der Waals surface area contributed by atoms with Crippen molar-refractivity contribution in [1.82, 2.24) is 9.77 Å². The molecule has 0 atom stereocenters. The molecular weight excluding hydrogens is 247 g/mol. The maximum absolute atomic E-state index is 12.0. The van der Waals surface area contributed by atoms with Gasteiger partial charge in [-0.25, -0.2) is 4.79 Å². The third kappa shape index (κ3) is 2.65. The fourth-order valence-corrected chi connectivity index (χ4v) is 4.39. The first-order chi connectivity index (χ1) is 9.11. The number of halogens is 1. The highest BCUT2D eigenvalue weighted by atomic mass is 19.2. The van der Waals surface area contributed by atoms with Crippen LogP contribution in [-0.4, -0.2) is 9.77 Å². The Morgan fingerprint density at radius 1 is 0.947 bits per heavy atom. The van der Waals surface area contributed by atoms with Gasteiger partial charge in [0.1, 0.15) is 0 Å². The summed E-state index contributed by atoms with van der Waals surface area (Å²) in [5.41, 5.74) is -2.01. The molecule has 19 heavy (non-hydrogen) atoms. The van der Waals surface area contributed by atoms with Gasteiger partial charge in [-0.2, -0.15) is 0 Å². The van der Waals surface area contributed by atoms with Crippen LogP contribution in [0.5, 0.6) is 0 Å². The Labute approximate surface area is 110 Å². The Kier molecular flexibility index (Phi) is 3.29. The number of aromatic nitrogens is 2. The predicted octanol–water partition coefficient (Wildman–Crippen LogP) is 2.10. The minimum absolute atomic E-state index is 0.500. The number of aromatic amines is 1. The van der Waals surface area contributed by atoms with E-state index in [0.29, 0.717) is 0 Å². The van der Waals surface area contributed by atoms with E-state index < -0.39 is 16.0 Å². The minimum Gasteiger partial charge on any atom is -0.312 e. The molecule has 4 saturated carbocycles. The fourth-order valence-electron chi connectivity index (χ4n) is 4.39. The summed E-state index contributed by atoms with van der Waals surface area (Å²) in [4.78, 5) is 21.9. The molecule has 0 amide bonds. The highest BCUT2D eigenvalue weighted by Crippen LogP contribution is 2.53. The normalized spacial score (nSPS) is 34.8. The highest BCUT2D eigenvalue weighted by Gasteiger charge is 2.41. The number of H-pyrrole nitrogens is 1. The molecule has 0 radical (unpaired) electrons. The Hall–Kier alpha value is -1.39. The maximum atomic E-state index is 12.0. The van der Waals surface area contributed by atoms with Gasteiger partial charge in [0, 0.05) is 12.3 Å². The molecule has 0 unspecified atom stereocenters. The SMILES string of the molecule is C1C2CC3CC1CC(C2)C3.O=c1cc[nH]c(=O)n1F. The Balaban J connectivity index is 0.000000117. The van der Waals surface area contributed by atoms with Crippen LogP contribution in [0.4, 0.5) is 4.48 Å². The van der Waals surface area contributed by atoms with Gasteiger partial charge in [0.15, 0.2) is 0 Å². The Morgan fingerprint density at radius 3 is 1.68 bits per heavy atom. The second-order valence-corrected chi connectivity index (χ2v) is 6.28. The summed E-state index contributed by atoms with van der Waals surface area (Å²) in [6, 6.07) is 0.918. The van der Waals surface area contributed by atoms with Crippen molar-refractivity contribution in [3.05, 3.63) is 33.1 Å². The molecule has 5 heteroatoms. The summed E-state index contributed by atoms with van der Waals surface area (Å²) in [5.74, 6) is 4.71. The minimum atomic E-state index is -1.05. The van der Waals surface area contributed by atoms with Gasteiger partial charge in [-0.05, 0) is 62.2 Å². The van der Waals surface area contributed by atoms with E-state index in [1.807, 2.05) is 4.98 Å². The molecule has 4 bridgehead atoms. The molecule has 4 fully saturated rings. The molecule has 1 aromatic rings. The van der Waals surface area contributed by atoms with E-state index in [0.717, 1.165) is 12.3 Å². The number of hydrogen-bond acceptors (Lipinski definition) is 2. The van der Waals surface area contributed by atoms with E-state index in [1.54, 1.807) is 38.5 Å². The molecule has 0 spiro atoms. The van der Waals surface area contributed by atoms with E-state index in [2.05, 4.69) is 0 Å². The molecule has 4 nitrogen and oxygen atoms in total. The van der Waals surface area contributed by atoms with Gasteiger partial charge in [-0.3, -0.25) is 4.79 Å². The van der Waals surface area contributed by atoms with Gasteiger partial charge in [0.05, 0.1) is 0 Å².